The van der Waals surface area contributed by atoms with Gasteiger partial charge in [0.25, 0.3) is 5.91 Å². The van der Waals surface area contributed by atoms with E-state index in [0.717, 1.165) is 14.7 Å². The number of carbonyl (C=O) groups is 2. The van der Waals surface area contributed by atoms with Crippen molar-refractivity contribution in [2.75, 3.05) is 10.6 Å². The molecular weight excluding hydrogens is 462 g/mol. The number of nitrogens with one attached hydrogen (secondary N) is 2. The average Bonchev–Trinajstić information content (AvgIpc) is 3.02. The zero-order valence-electron chi connectivity index (χ0n) is 16.5. The lowest BCUT2D eigenvalue weighted by molar-refractivity contribution is -0.117. The minimum atomic E-state index is -0.510. The number of anilines is 2. The number of benzene rings is 2. The molecule has 0 spiro atoms. The van der Waals surface area contributed by atoms with E-state index in [1.807, 2.05) is 31.2 Å². The zero-order chi connectivity index (χ0) is 22.0. The summed E-state index contributed by atoms with van der Waals surface area (Å²) in [6.45, 7) is 1.68. The molecule has 0 fully saturated rings. The van der Waals surface area contributed by atoms with Crippen LogP contribution in [0.25, 0.3) is 5.65 Å². The fourth-order valence-corrected chi connectivity index (χ4v) is 3.48. The van der Waals surface area contributed by atoms with Crippen LogP contribution in [-0.2, 0) is 11.3 Å². The third kappa shape index (κ3) is 4.72. The maximum atomic E-state index is 12.7. The number of carbonyl (C=O) groups excluding carboxylic acids is 2. The van der Waals surface area contributed by atoms with Crippen LogP contribution >= 0.6 is 15.9 Å². The number of nitrogens with zero attached hydrogens (tertiary/aromatic N) is 3. The van der Waals surface area contributed by atoms with Crippen molar-refractivity contribution in [2.45, 2.75) is 13.5 Å². The molecule has 2 aromatic carbocycles. The predicted molar refractivity (Wildman–Crippen MR) is 121 cm³/mol. The van der Waals surface area contributed by atoms with E-state index in [0.29, 0.717) is 22.6 Å². The van der Waals surface area contributed by atoms with Crippen LogP contribution in [0.5, 0.6) is 0 Å². The Morgan fingerprint density at radius 2 is 1.74 bits per heavy atom. The van der Waals surface area contributed by atoms with E-state index in [-0.39, 0.29) is 18.4 Å². The number of rotatable bonds is 5. The Morgan fingerprint density at radius 1 is 1.00 bits per heavy atom. The first-order chi connectivity index (χ1) is 14.9. The van der Waals surface area contributed by atoms with Crippen LogP contribution in [0, 0.1) is 6.92 Å². The molecule has 31 heavy (non-hydrogen) atoms. The normalized spacial score (nSPS) is 10.8. The second kappa shape index (κ2) is 8.57. The van der Waals surface area contributed by atoms with Crippen LogP contribution in [0.2, 0.25) is 0 Å². The Morgan fingerprint density at radius 3 is 2.48 bits per heavy atom. The molecule has 0 radical (unpaired) electrons. The van der Waals surface area contributed by atoms with E-state index in [9.17, 15) is 14.4 Å². The average molecular weight is 480 g/mol. The molecule has 0 aliphatic rings. The van der Waals surface area contributed by atoms with Gasteiger partial charge in [0.15, 0.2) is 5.65 Å². The van der Waals surface area contributed by atoms with Crippen molar-refractivity contribution in [3.05, 3.63) is 92.9 Å². The first kappa shape index (κ1) is 20.5. The van der Waals surface area contributed by atoms with Crippen molar-refractivity contribution < 1.29 is 9.59 Å². The molecule has 9 heteroatoms. The number of hydrogen-bond acceptors (Lipinski definition) is 4. The van der Waals surface area contributed by atoms with Gasteiger partial charge in [-0.05, 0) is 55.0 Å². The fourth-order valence-electron chi connectivity index (χ4n) is 3.08. The second-order valence-corrected chi connectivity index (χ2v) is 7.88. The van der Waals surface area contributed by atoms with Gasteiger partial charge in [0, 0.05) is 22.0 Å². The smallest absolute Gasteiger partial charge is 0.324 e. The Balaban J connectivity index is 1.53. The van der Waals surface area contributed by atoms with Crippen molar-refractivity contribution in [2.24, 2.45) is 0 Å². The van der Waals surface area contributed by atoms with Gasteiger partial charge < -0.3 is 10.6 Å². The summed E-state index contributed by atoms with van der Waals surface area (Å²) in [5.41, 5.74) is 2.42. The van der Waals surface area contributed by atoms with Crippen LogP contribution in [-0.4, -0.2) is 26.0 Å². The number of aromatic nitrogens is 3. The Bertz CT molecular complexity index is 1360. The Hall–Kier alpha value is -3.72. The Kier molecular flexibility index (Phi) is 5.68. The lowest BCUT2D eigenvalue weighted by Gasteiger charge is -2.06. The lowest BCUT2D eigenvalue weighted by Crippen LogP contribution is -2.28. The molecule has 4 rings (SSSR count). The van der Waals surface area contributed by atoms with E-state index in [4.69, 9.17) is 0 Å². The van der Waals surface area contributed by atoms with E-state index in [2.05, 4.69) is 31.7 Å². The molecule has 4 aromatic rings. The molecule has 0 unspecified atom stereocenters. The summed E-state index contributed by atoms with van der Waals surface area (Å²) in [7, 11) is 0. The molecular formula is C22H18BrN5O3. The van der Waals surface area contributed by atoms with Gasteiger partial charge in [-0.1, -0.05) is 34.1 Å². The van der Waals surface area contributed by atoms with Gasteiger partial charge in [-0.25, -0.2) is 13.9 Å². The number of aryl methyl sites for hydroxylation is 1. The molecule has 0 aliphatic heterocycles. The van der Waals surface area contributed by atoms with Gasteiger partial charge in [0.2, 0.25) is 5.91 Å². The van der Waals surface area contributed by atoms with E-state index in [1.54, 1.807) is 36.4 Å². The standard InChI is InChI=1S/C22H18BrN5O3/c1-14-4-2-6-17(10-14)25-21(30)15-8-9-19-26-28(22(31)27(19)12-15)13-20(29)24-18-7-3-5-16(23)11-18/h2-12H,13H2,1H3,(H,24,29)(H,25,30). The molecule has 2 N–H and O–H groups in total. The van der Waals surface area contributed by atoms with Gasteiger partial charge in [-0.15, -0.1) is 5.10 Å². The molecule has 0 atom stereocenters. The number of fused-ring (bicyclic) bond motifs is 1. The maximum absolute atomic E-state index is 12.7. The first-order valence-electron chi connectivity index (χ1n) is 9.42. The first-order valence-corrected chi connectivity index (χ1v) is 10.2. The molecule has 2 aromatic heterocycles. The number of amides is 2. The number of pyridine rings is 1. The maximum Gasteiger partial charge on any atom is 0.350 e. The van der Waals surface area contributed by atoms with Gasteiger partial charge >= 0.3 is 5.69 Å². The fraction of sp³-hybridized carbons (Fsp3) is 0.0909. The summed E-state index contributed by atoms with van der Waals surface area (Å²) >= 11 is 3.34. The van der Waals surface area contributed by atoms with Crippen LogP contribution in [0.4, 0.5) is 11.4 Å². The van der Waals surface area contributed by atoms with E-state index < -0.39 is 5.69 Å². The molecule has 156 valence electrons. The molecule has 0 saturated carbocycles. The highest BCUT2D eigenvalue weighted by atomic mass is 79.9. The highest BCUT2D eigenvalue weighted by Gasteiger charge is 2.14. The summed E-state index contributed by atoms with van der Waals surface area (Å²) in [5, 5.41) is 9.70. The van der Waals surface area contributed by atoms with Gasteiger partial charge in [0.1, 0.15) is 6.54 Å². The number of halogens is 1. The van der Waals surface area contributed by atoms with Crippen LogP contribution in [0.15, 0.2) is 76.1 Å². The second-order valence-electron chi connectivity index (χ2n) is 6.97. The van der Waals surface area contributed by atoms with Gasteiger partial charge in [-0.3, -0.25) is 9.59 Å². The van der Waals surface area contributed by atoms with Gasteiger partial charge in [0.05, 0.1) is 5.56 Å². The van der Waals surface area contributed by atoms with Crippen LogP contribution in [0.1, 0.15) is 15.9 Å². The van der Waals surface area contributed by atoms with Gasteiger partial charge in [-0.2, -0.15) is 0 Å². The number of hydrogen-bond donors (Lipinski definition) is 2. The SMILES string of the molecule is Cc1cccc(NC(=O)c2ccc3nn(CC(=O)Nc4cccc(Br)c4)c(=O)n3c2)c1. The topological polar surface area (TPSA) is 97.5 Å². The highest BCUT2D eigenvalue weighted by molar-refractivity contribution is 9.10. The van der Waals surface area contributed by atoms with Crippen molar-refractivity contribution in [1.29, 1.82) is 0 Å². The summed E-state index contributed by atoms with van der Waals surface area (Å²) in [6, 6.07) is 17.7. The van der Waals surface area contributed by atoms with Crippen LogP contribution in [0.3, 0.4) is 0 Å². The van der Waals surface area contributed by atoms with Crippen LogP contribution < -0.4 is 16.3 Å². The van der Waals surface area contributed by atoms with Crippen molar-refractivity contribution in [3.63, 3.8) is 0 Å². The van der Waals surface area contributed by atoms with E-state index in [1.165, 1.54) is 10.6 Å². The highest BCUT2D eigenvalue weighted by Crippen LogP contribution is 2.15. The largest absolute Gasteiger partial charge is 0.350 e. The van der Waals surface area contributed by atoms with Crippen molar-refractivity contribution in [3.8, 4) is 0 Å². The lowest BCUT2D eigenvalue weighted by atomic mass is 10.2. The molecule has 8 nitrogen and oxygen atoms in total. The third-order valence-electron chi connectivity index (χ3n) is 4.52. The monoisotopic (exact) mass is 479 g/mol. The third-order valence-corrected chi connectivity index (χ3v) is 5.01. The molecule has 2 heterocycles. The van der Waals surface area contributed by atoms with Crippen molar-refractivity contribution in [1.82, 2.24) is 14.2 Å². The summed E-state index contributed by atoms with van der Waals surface area (Å²) in [6.07, 6.45) is 1.42. The van der Waals surface area contributed by atoms with Crippen molar-refractivity contribution >= 4 is 44.8 Å². The minimum Gasteiger partial charge on any atom is -0.324 e. The molecule has 2 amide bonds. The molecule has 0 saturated heterocycles. The quantitative estimate of drug-likeness (QED) is 0.457. The summed E-state index contributed by atoms with van der Waals surface area (Å²) < 4.78 is 3.13. The predicted octanol–water partition coefficient (Wildman–Crippen LogP) is 3.46. The summed E-state index contributed by atoms with van der Waals surface area (Å²) in [5.74, 6) is -0.736. The summed E-state index contributed by atoms with van der Waals surface area (Å²) in [4.78, 5) is 37.6. The molecule has 0 bridgehead atoms. The zero-order valence-corrected chi connectivity index (χ0v) is 18.1. The minimum absolute atomic E-state index is 0.252. The Labute approximate surface area is 185 Å². The van der Waals surface area contributed by atoms with E-state index >= 15 is 0 Å². The molecule has 0 aliphatic carbocycles.